The van der Waals surface area contributed by atoms with E-state index in [9.17, 15) is 0 Å². The summed E-state index contributed by atoms with van der Waals surface area (Å²) >= 11 is 18.8. The van der Waals surface area contributed by atoms with Gasteiger partial charge in [0.2, 0.25) is 5.89 Å². The first-order chi connectivity index (χ1) is 17.0. The lowest BCUT2D eigenvalue weighted by molar-refractivity contribution is 0.495. The Bertz CT molecular complexity index is 1460. The van der Waals surface area contributed by atoms with Gasteiger partial charge in [-0.05, 0) is 55.7 Å². The Morgan fingerprint density at radius 2 is 1.57 bits per heavy atom. The predicted molar refractivity (Wildman–Crippen MR) is 141 cm³/mol. The van der Waals surface area contributed by atoms with Crippen LogP contribution in [0.2, 0.25) is 15.1 Å². The van der Waals surface area contributed by atoms with Crippen LogP contribution in [-0.2, 0) is 12.8 Å². The van der Waals surface area contributed by atoms with Gasteiger partial charge in [-0.3, -0.25) is 0 Å². The lowest BCUT2D eigenvalue weighted by atomic mass is 10.1. The van der Waals surface area contributed by atoms with E-state index < -0.39 is 0 Å². The highest BCUT2D eigenvalue weighted by molar-refractivity contribution is 6.35. The van der Waals surface area contributed by atoms with Crippen LogP contribution in [-0.4, -0.2) is 20.0 Å². The molecule has 0 spiro atoms. The molecular weight excluding hydrogens is 503 g/mol. The smallest absolute Gasteiger partial charge is 0.268 e. The molecular formula is C27H21Cl3N4O. The van der Waals surface area contributed by atoms with E-state index in [1.807, 2.05) is 55.5 Å². The summed E-state index contributed by atoms with van der Waals surface area (Å²) in [7, 11) is 0. The molecule has 0 atom stereocenters. The van der Waals surface area contributed by atoms with Crippen molar-refractivity contribution in [3.8, 4) is 28.5 Å². The number of aryl methyl sites for hydroxylation is 2. The van der Waals surface area contributed by atoms with E-state index in [0.29, 0.717) is 44.7 Å². The van der Waals surface area contributed by atoms with E-state index in [0.717, 1.165) is 29.7 Å². The van der Waals surface area contributed by atoms with Gasteiger partial charge in [0.05, 0.1) is 16.4 Å². The minimum Gasteiger partial charge on any atom is -0.419 e. The number of benzene rings is 3. The molecule has 0 amide bonds. The fraction of sp³-hybridized carbons (Fsp3) is 0.148. The van der Waals surface area contributed by atoms with E-state index >= 15 is 0 Å². The lowest BCUT2D eigenvalue weighted by Gasteiger charge is -2.11. The van der Waals surface area contributed by atoms with Crippen LogP contribution < -0.4 is 0 Å². The molecule has 0 fully saturated rings. The summed E-state index contributed by atoms with van der Waals surface area (Å²) in [6.45, 7) is 1.98. The van der Waals surface area contributed by atoms with E-state index in [4.69, 9.17) is 44.3 Å². The van der Waals surface area contributed by atoms with Gasteiger partial charge < -0.3 is 4.42 Å². The molecule has 2 aromatic heterocycles. The van der Waals surface area contributed by atoms with Crippen molar-refractivity contribution in [2.24, 2.45) is 0 Å². The number of nitrogens with zero attached hydrogens (tertiary/aromatic N) is 4. The minimum atomic E-state index is 0.372. The molecule has 5 nitrogen and oxygen atoms in total. The topological polar surface area (TPSA) is 56.7 Å². The van der Waals surface area contributed by atoms with Crippen LogP contribution in [0.5, 0.6) is 0 Å². The summed E-state index contributed by atoms with van der Waals surface area (Å²) in [4.78, 5) is 0. The lowest BCUT2D eigenvalue weighted by Crippen LogP contribution is -2.00. The second-order valence-electron chi connectivity index (χ2n) is 8.18. The summed E-state index contributed by atoms with van der Waals surface area (Å²) in [5.74, 6) is 0.957. The van der Waals surface area contributed by atoms with Crippen molar-refractivity contribution in [3.63, 3.8) is 0 Å². The summed E-state index contributed by atoms with van der Waals surface area (Å²) in [6.07, 6.45) is 2.55. The van der Waals surface area contributed by atoms with Crippen molar-refractivity contribution in [1.29, 1.82) is 0 Å². The largest absolute Gasteiger partial charge is 0.419 e. The Balaban J connectivity index is 1.49. The van der Waals surface area contributed by atoms with Gasteiger partial charge >= 0.3 is 0 Å². The average Bonchev–Trinajstić information content (AvgIpc) is 3.45. The van der Waals surface area contributed by atoms with E-state index in [-0.39, 0.29) is 0 Å². The first-order valence-electron chi connectivity index (χ1n) is 11.2. The molecule has 0 saturated carbocycles. The molecule has 0 aliphatic rings. The van der Waals surface area contributed by atoms with Crippen molar-refractivity contribution in [2.75, 3.05) is 0 Å². The molecule has 0 saturated heterocycles. The molecule has 0 unspecified atom stereocenters. The molecule has 2 heterocycles. The first kappa shape index (κ1) is 23.6. The molecule has 8 heteroatoms. The Kier molecular flexibility index (Phi) is 6.91. The van der Waals surface area contributed by atoms with Crippen molar-refractivity contribution < 1.29 is 4.42 Å². The number of hydrogen-bond donors (Lipinski definition) is 0. The van der Waals surface area contributed by atoms with Crippen LogP contribution in [0.15, 0.2) is 77.2 Å². The van der Waals surface area contributed by atoms with E-state index in [1.165, 1.54) is 5.56 Å². The van der Waals surface area contributed by atoms with Gasteiger partial charge in [-0.15, -0.1) is 10.2 Å². The molecule has 5 aromatic rings. The van der Waals surface area contributed by atoms with Crippen molar-refractivity contribution >= 4 is 34.8 Å². The quantitative estimate of drug-likeness (QED) is 0.217. The molecule has 3 aromatic carbocycles. The maximum absolute atomic E-state index is 6.55. The van der Waals surface area contributed by atoms with Crippen molar-refractivity contribution in [3.05, 3.63) is 105 Å². The zero-order chi connectivity index (χ0) is 24.4. The van der Waals surface area contributed by atoms with E-state index in [2.05, 4.69) is 22.3 Å². The molecule has 0 aliphatic carbocycles. The second-order valence-corrected chi connectivity index (χ2v) is 9.46. The highest BCUT2D eigenvalue weighted by Gasteiger charge is 2.23. The third kappa shape index (κ3) is 5.13. The number of halogens is 3. The number of rotatable bonds is 7. The molecule has 0 bridgehead atoms. The van der Waals surface area contributed by atoms with Gasteiger partial charge in [0, 0.05) is 27.6 Å². The number of hydrogen-bond acceptors (Lipinski definition) is 4. The summed E-state index contributed by atoms with van der Waals surface area (Å²) in [6, 6.07) is 23.2. The molecule has 0 N–H and O–H groups in total. The van der Waals surface area contributed by atoms with Gasteiger partial charge in [-0.2, -0.15) is 5.10 Å². The second kappa shape index (κ2) is 10.2. The standard InChI is InChI=1S/C27H21Cl3N4O/c1-17-25(27-32-31-24(35-27)9-5-8-18-6-3-2-4-7-18)33-34(23-15-14-21(29)16-22(23)30)26(17)19-10-12-20(28)13-11-19/h2-4,6-7,10-16H,5,8-9H2,1H3. The van der Waals surface area contributed by atoms with Crippen LogP contribution in [0.3, 0.4) is 0 Å². The van der Waals surface area contributed by atoms with Gasteiger partial charge in [0.1, 0.15) is 0 Å². The minimum absolute atomic E-state index is 0.372. The third-order valence-electron chi connectivity index (χ3n) is 5.75. The third-order valence-corrected chi connectivity index (χ3v) is 6.54. The van der Waals surface area contributed by atoms with Crippen LogP contribution in [0.1, 0.15) is 23.4 Å². The van der Waals surface area contributed by atoms with Crippen molar-refractivity contribution in [1.82, 2.24) is 20.0 Å². The Hall–Kier alpha value is -3.12. The normalized spacial score (nSPS) is 11.2. The van der Waals surface area contributed by atoms with Gasteiger partial charge in [0.15, 0.2) is 5.69 Å². The van der Waals surface area contributed by atoms with Crippen LogP contribution in [0.25, 0.3) is 28.5 Å². The number of aromatic nitrogens is 4. The predicted octanol–water partition coefficient (Wildman–Crippen LogP) is 8.03. The average molecular weight is 524 g/mol. The van der Waals surface area contributed by atoms with Crippen LogP contribution in [0, 0.1) is 6.92 Å². The Labute approximate surface area is 218 Å². The zero-order valence-corrected chi connectivity index (χ0v) is 21.1. The maximum atomic E-state index is 6.55. The highest BCUT2D eigenvalue weighted by Crippen LogP contribution is 2.36. The Morgan fingerprint density at radius 3 is 2.31 bits per heavy atom. The Morgan fingerprint density at radius 1 is 0.829 bits per heavy atom. The molecule has 0 radical (unpaired) electrons. The molecule has 5 rings (SSSR count). The SMILES string of the molecule is Cc1c(-c2nnc(CCCc3ccccc3)o2)nn(-c2ccc(Cl)cc2Cl)c1-c1ccc(Cl)cc1. The van der Waals surface area contributed by atoms with Gasteiger partial charge in [-0.25, -0.2) is 4.68 Å². The molecule has 35 heavy (non-hydrogen) atoms. The fourth-order valence-electron chi connectivity index (χ4n) is 4.01. The monoisotopic (exact) mass is 522 g/mol. The summed E-state index contributed by atoms with van der Waals surface area (Å²) in [5, 5.41) is 15.1. The van der Waals surface area contributed by atoms with Crippen LogP contribution >= 0.6 is 34.8 Å². The summed E-state index contributed by atoms with van der Waals surface area (Å²) in [5.41, 5.74) is 5.25. The van der Waals surface area contributed by atoms with Gasteiger partial charge in [0.25, 0.3) is 5.89 Å². The zero-order valence-electron chi connectivity index (χ0n) is 18.9. The fourth-order valence-corrected chi connectivity index (χ4v) is 4.63. The highest BCUT2D eigenvalue weighted by atomic mass is 35.5. The first-order valence-corrected chi connectivity index (χ1v) is 12.3. The molecule has 0 aliphatic heterocycles. The van der Waals surface area contributed by atoms with Gasteiger partial charge in [-0.1, -0.05) is 77.3 Å². The molecule has 176 valence electrons. The van der Waals surface area contributed by atoms with E-state index in [1.54, 1.807) is 16.8 Å². The maximum Gasteiger partial charge on any atom is 0.268 e. The van der Waals surface area contributed by atoms with Crippen molar-refractivity contribution in [2.45, 2.75) is 26.2 Å². The summed E-state index contributed by atoms with van der Waals surface area (Å²) < 4.78 is 7.81. The van der Waals surface area contributed by atoms with Crippen LogP contribution in [0.4, 0.5) is 0 Å².